The Bertz CT molecular complexity index is 277. The zero-order valence-corrected chi connectivity index (χ0v) is 6.93. The van der Waals surface area contributed by atoms with Gasteiger partial charge in [-0.05, 0) is 12.1 Å². The van der Waals surface area contributed by atoms with Crippen LogP contribution in [0, 0.1) is 0 Å². The minimum atomic E-state index is -4.66. The highest BCUT2D eigenvalue weighted by Crippen LogP contribution is 2.33. The molecule has 0 amide bonds. The highest BCUT2D eigenvalue weighted by molar-refractivity contribution is 5.10. The Hall–Kier alpha value is -0.970. The maximum Gasteiger partial charge on any atom is 0.421 e. The van der Waals surface area contributed by atoms with Crippen LogP contribution in [0.2, 0.25) is 0 Å². The topological polar surface area (TPSA) is 33.4 Å². The SMILES string of the molecule is CCc1ccc(C(O)C(F)(F)F)o1. The van der Waals surface area contributed by atoms with Crippen LogP contribution in [0.1, 0.15) is 24.5 Å². The van der Waals surface area contributed by atoms with Gasteiger partial charge >= 0.3 is 6.18 Å². The number of aliphatic hydroxyl groups excluding tert-OH is 1. The van der Waals surface area contributed by atoms with Crippen molar-refractivity contribution in [1.29, 1.82) is 0 Å². The van der Waals surface area contributed by atoms with Crippen LogP contribution in [0.3, 0.4) is 0 Å². The lowest BCUT2D eigenvalue weighted by atomic mass is 10.2. The van der Waals surface area contributed by atoms with Crippen molar-refractivity contribution in [3.8, 4) is 0 Å². The minimum Gasteiger partial charge on any atom is -0.463 e. The summed E-state index contributed by atoms with van der Waals surface area (Å²) >= 11 is 0. The van der Waals surface area contributed by atoms with Gasteiger partial charge < -0.3 is 9.52 Å². The van der Waals surface area contributed by atoms with Crippen molar-refractivity contribution in [3.63, 3.8) is 0 Å². The molecule has 74 valence electrons. The zero-order valence-electron chi connectivity index (χ0n) is 6.93. The Morgan fingerprint density at radius 1 is 1.46 bits per heavy atom. The van der Waals surface area contributed by atoms with Gasteiger partial charge in [-0.25, -0.2) is 0 Å². The fraction of sp³-hybridized carbons (Fsp3) is 0.500. The first-order valence-electron chi connectivity index (χ1n) is 3.78. The van der Waals surface area contributed by atoms with Crippen molar-refractivity contribution in [2.24, 2.45) is 0 Å². The van der Waals surface area contributed by atoms with Crippen LogP contribution in [0.25, 0.3) is 0 Å². The van der Waals surface area contributed by atoms with E-state index in [1.807, 2.05) is 0 Å². The van der Waals surface area contributed by atoms with E-state index in [0.29, 0.717) is 12.2 Å². The molecule has 1 aromatic heterocycles. The fourth-order valence-corrected chi connectivity index (χ4v) is 0.893. The molecule has 0 aliphatic rings. The van der Waals surface area contributed by atoms with Gasteiger partial charge in [-0.1, -0.05) is 6.92 Å². The second kappa shape index (κ2) is 3.41. The first-order valence-corrected chi connectivity index (χ1v) is 3.78. The summed E-state index contributed by atoms with van der Waals surface area (Å²) in [6, 6.07) is 2.56. The molecule has 0 aromatic carbocycles. The van der Waals surface area contributed by atoms with Gasteiger partial charge in [-0.15, -0.1) is 0 Å². The number of halogens is 3. The average molecular weight is 194 g/mol. The van der Waals surface area contributed by atoms with E-state index in [4.69, 9.17) is 9.52 Å². The van der Waals surface area contributed by atoms with Gasteiger partial charge in [0.15, 0.2) is 0 Å². The van der Waals surface area contributed by atoms with Crippen molar-refractivity contribution >= 4 is 0 Å². The van der Waals surface area contributed by atoms with Crippen molar-refractivity contribution < 1.29 is 22.7 Å². The zero-order chi connectivity index (χ0) is 10.1. The second-order valence-electron chi connectivity index (χ2n) is 2.60. The molecule has 0 saturated carbocycles. The average Bonchev–Trinajstić information content (AvgIpc) is 2.48. The Kier molecular flexibility index (Phi) is 2.66. The Balaban J connectivity index is 2.83. The molecule has 0 saturated heterocycles. The maximum absolute atomic E-state index is 11.9. The molecule has 0 radical (unpaired) electrons. The van der Waals surface area contributed by atoms with E-state index in [0.717, 1.165) is 6.07 Å². The van der Waals surface area contributed by atoms with Gasteiger partial charge in [-0.2, -0.15) is 13.2 Å². The van der Waals surface area contributed by atoms with Gasteiger partial charge in [0.2, 0.25) is 6.10 Å². The molecule has 1 N–H and O–H groups in total. The molecule has 0 aliphatic carbocycles. The number of hydrogen-bond donors (Lipinski definition) is 1. The van der Waals surface area contributed by atoms with E-state index in [1.165, 1.54) is 6.07 Å². The Morgan fingerprint density at radius 3 is 2.46 bits per heavy atom. The van der Waals surface area contributed by atoms with Crippen molar-refractivity contribution in [2.45, 2.75) is 25.6 Å². The Labute approximate surface area is 73.0 Å². The van der Waals surface area contributed by atoms with Crippen molar-refractivity contribution in [3.05, 3.63) is 23.7 Å². The molecule has 0 bridgehead atoms. The highest BCUT2D eigenvalue weighted by atomic mass is 19.4. The highest BCUT2D eigenvalue weighted by Gasteiger charge is 2.41. The van der Waals surface area contributed by atoms with Crippen molar-refractivity contribution in [2.75, 3.05) is 0 Å². The smallest absolute Gasteiger partial charge is 0.421 e. The minimum absolute atomic E-state index is 0.429. The molecule has 13 heavy (non-hydrogen) atoms. The van der Waals surface area contributed by atoms with Crippen LogP contribution in [0.15, 0.2) is 16.5 Å². The normalized spacial score (nSPS) is 14.5. The van der Waals surface area contributed by atoms with E-state index >= 15 is 0 Å². The first kappa shape index (κ1) is 10.1. The number of aliphatic hydroxyl groups is 1. The van der Waals surface area contributed by atoms with E-state index in [-0.39, 0.29) is 0 Å². The van der Waals surface area contributed by atoms with Crippen LogP contribution >= 0.6 is 0 Å². The third kappa shape index (κ3) is 2.24. The second-order valence-corrected chi connectivity index (χ2v) is 2.60. The lowest BCUT2D eigenvalue weighted by molar-refractivity contribution is -0.211. The van der Waals surface area contributed by atoms with Gasteiger partial charge in [0.1, 0.15) is 11.5 Å². The van der Waals surface area contributed by atoms with E-state index in [1.54, 1.807) is 6.92 Å². The lowest BCUT2D eigenvalue weighted by Gasteiger charge is -2.11. The van der Waals surface area contributed by atoms with Crippen molar-refractivity contribution in [1.82, 2.24) is 0 Å². The van der Waals surface area contributed by atoms with Crippen LogP contribution < -0.4 is 0 Å². The molecule has 0 aliphatic heterocycles. The largest absolute Gasteiger partial charge is 0.463 e. The molecule has 1 aromatic rings. The number of aryl methyl sites for hydroxylation is 1. The molecule has 2 nitrogen and oxygen atoms in total. The standard InChI is InChI=1S/C8H9F3O2/c1-2-5-3-4-6(13-5)7(12)8(9,10)11/h3-4,7,12H,2H2,1H3. The third-order valence-corrected chi connectivity index (χ3v) is 1.61. The predicted molar refractivity (Wildman–Crippen MR) is 39.1 cm³/mol. The quantitative estimate of drug-likeness (QED) is 0.784. The summed E-state index contributed by atoms with van der Waals surface area (Å²) in [6.45, 7) is 1.75. The van der Waals surface area contributed by atoms with Gasteiger partial charge in [0.25, 0.3) is 0 Å². The number of hydrogen-bond acceptors (Lipinski definition) is 2. The Morgan fingerprint density at radius 2 is 2.08 bits per heavy atom. The number of rotatable bonds is 2. The molecule has 5 heteroatoms. The van der Waals surface area contributed by atoms with Crippen LogP contribution in [0.5, 0.6) is 0 Å². The molecule has 0 spiro atoms. The maximum atomic E-state index is 11.9. The van der Waals surface area contributed by atoms with E-state index in [9.17, 15) is 13.2 Å². The van der Waals surface area contributed by atoms with Gasteiger partial charge in [0.05, 0.1) is 0 Å². The molecule has 1 rings (SSSR count). The molecule has 0 fully saturated rings. The number of furan rings is 1. The lowest BCUT2D eigenvalue weighted by Crippen LogP contribution is -2.19. The molecular formula is C8H9F3O2. The molecule has 1 unspecified atom stereocenters. The molecule has 1 heterocycles. The summed E-state index contributed by atoms with van der Waals surface area (Å²) < 4.78 is 40.6. The van der Waals surface area contributed by atoms with Gasteiger partial charge in [-0.3, -0.25) is 0 Å². The van der Waals surface area contributed by atoms with Crippen LogP contribution in [-0.4, -0.2) is 11.3 Å². The number of alkyl halides is 3. The summed E-state index contributed by atoms with van der Waals surface area (Å²) in [6.07, 6.45) is -6.68. The monoisotopic (exact) mass is 194 g/mol. The summed E-state index contributed by atoms with van der Waals surface area (Å²) in [7, 11) is 0. The summed E-state index contributed by atoms with van der Waals surface area (Å²) in [5, 5.41) is 8.75. The summed E-state index contributed by atoms with van der Waals surface area (Å²) in [5.41, 5.74) is 0. The third-order valence-electron chi connectivity index (χ3n) is 1.61. The first-order chi connectivity index (χ1) is 5.95. The molecule has 1 atom stereocenters. The van der Waals surface area contributed by atoms with Crippen LogP contribution in [-0.2, 0) is 6.42 Å². The summed E-state index contributed by atoms with van der Waals surface area (Å²) in [5.74, 6) is -0.0253. The molecular weight excluding hydrogens is 185 g/mol. The fourth-order valence-electron chi connectivity index (χ4n) is 0.893. The van der Waals surface area contributed by atoms with E-state index in [2.05, 4.69) is 0 Å². The van der Waals surface area contributed by atoms with Gasteiger partial charge in [0, 0.05) is 6.42 Å². The predicted octanol–water partition coefficient (Wildman–Crippen LogP) is 2.44. The summed E-state index contributed by atoms with van der Waals surface area (Å²) in [4.78, 5) is 0. The van der Waals surface area contributed by atoms with Crippen LogP contribution in [0.4, 0.5) is 13.2 Å². The van der Waals surface area contributed by atoms with E-state index < -0.39 is 18.0 Å².